The second-order valence-corrected chi connectivity index (χ2v) is 19.1. The standard InChI is InChI=1S/C48H76N10O8/c1-28(2)24-36(51-42(60)32(8)57(11)54-39(59)26-31(7)34-20-21-35(34)40(49)46(64)58-22-16-13-17-23-58)43(61)53-41(30(5)6)47(65)55(9)38(25-29(3)4)44(62)52-37(45(63)56(10)48(50)66)27-33-18-14-12-15-19-33/h12,14-15,18-21,28-30,32,34-38,40-41H,7,13,16-17,22-27,49H2,1-6,8-11H3,(H2,50,66)(H,51,60)(H,52,62)(H,53,61)(H,54,59)/t32-,34?,35?,36-,37-,38-,40-,41-/m0/s1. The van der Waals surface area contributed by atoms with Crippen molar-refractivity contribution in [1.29, 1.82) is 0 Å². The minimum atomic E-state index is -1.19. The minimum absolute atomic E-state index is 0.0522. The fourth-order valence-corrected chi connectivity index (χ4v) is 8.11. The van der Waals surface area contributed by atoms with Crippen molar-refractivity contribution in [2.45, 2.75) is 130 Å². The number of nitrogens with two attached hydrogens (primary N) is 2. The van der Waals surface area contributed by atoms with Crippen LogP contribution < -0.4 is 32.8 Å². The van der Waals surface area contributed by atoms with Crippen molar-refractivity contribution in [1.82, 2.24) is 41.1 Å². The highest BCUT2D eigenvalue weighted by molar-refractivity contribution is 5.99. The van der Waals surface area contributed by atoms with E-state index in [1.54, 1.807) is 51.1 Å². The molecule has 3 rings (SSSR count). The van der Waals surface area contributed by atoms with Crippen molar-refractivity contribution in [2.75, 3.05) is 34.2 Å². The Labute approximate surface area is 391 Å². The van der Waals surface area contributed by atoms with Gasteiger partial charge in [0, 0.05) is 58.9 Å². The van der Waals surface area contributed by atoms with E-state index in [2.05, 4.69) is 28.0 Å². The number of benzene rings is 1. The first kappa shape index (κ1) is 54.7. The van der Waals surface area contributed by atoms with Crippen LogP contribution in [0.3, 0.4) is 0 Å². The highest BCUT2D eigenvalue weighted by Gasteiger charge is 2.40. The Morgan fingerprint density at radius 3 is 1.88 bits per heavy atom. The Morgan fingerprint density at radius 1 is 0.758 bits per heavy atom. The molecule has 1 heterocycles. The highest BCUT2D eigenvalue weighted by atomic mass is 16.2. The summed E-state index contributed by atoms with van der Waals surface area (Å²) in [5.41, 5.74) is 15.8. The van der Waals surface area contributed by atoms with E-state index in [1.807, 2.05) is 44.7 Å². The molecule has 18 nitrogen and oxygen atoms in total. The Kier molecular flexibility index (Phi) is 21.0. The van der Waals surface area contributed by atoms with Crippen LogP contribution in [0.5, 0.6) is 0 Å². The number of urea groups is 1. The number of hydrogen-bond donors (Lipinski definition) is 6. The van der Waals surface area contributed by atoms with Gasteiger partial charge in [-0.3, -0.25) is 43.9 Å². The van der Waals surface area contributed by atoms with Crippen LogP contribution in [-0.2, 0) is 40.0 Å². The van der Waals surface area contributed by atoms with Crippen LogP contribution in [0.15, 0.2) is 54.6 Å². The number of primary amides is 1. The summed E-state index contributed by atoms with van der Waals surface area (Å²) >= 11 is 0. The van der Waals surface area contributed by atoms with Crippen LogP contribution in [-0.4, -0.2) is 138 Å². The molecule has 0 radical (unpaired) electrons. The van der Waals surface area contributed by atoms with Crippen molar-refractivity contribution >= 4 is 47.4 Å². The van der Waals surface area contributed by atoms with Gasteiger partial charge in [-0.1, -0.05) is 96.2 Å². The van der Waals surface area contributed by atoms with Gasteiger partial charge >= 0.3 is 6.03 Å². The average Bonchev–Trinajstić information content (AvgIpc) is 3.24. The van der Waals surface area contributed by atoms with Crippen LogP contribution in [0, 0.1) is 29.6 Å². The smallest absolute Gasteiger partial charge is 0.321 e. The molecule has 1 aliphatic heterocycles. The van der Waals surface area contributed by atoms with Crippen LogP contribution in [0.2, 0.25) is 0 Å². The molecule has 0 saturated carbocycles. The van der Waals surface area contributed by atoms with Gasteiger partial charge in [-0.2, -0.15) is 0 Å². The summed E-state index contributed by atoms with van der Waals surface area (Å²) in [7, 11) is 4.21. The van der Waals surface area contributed by atoms with Gasteiger partial charge < -0.3 is 37.2 Å². The molecule has 0 spiro atoms. The maximum Gasteiger partial charge on any atom is 0.321 e. The number of rotatable bonds is 23. The molecule has 18 heteroatoms. The molecule has 66 heavy (non-hydrogen) atoms. The van der Waals surface area contributed by atoms with Gasteiger partial charge in [0.1, 0.15) is 30.2 Å². The van der Waals surface area contributed by atoms with Gasteiger partial charge in [0.15, 0.2) is 0 Å². The summed E-state index contributed by atoms with van der Waals surface area (Å²) in [6, 6.07) is 1.83. The molecule has 0 bridgehead atoms. The van der Waals surface area contributed by atoms with Crippen LogP contribution in [0.1, 0.15) is 92.6 Å². The lowest BCUT2D eigenvalue weighted by Gasteiger charge is -2.38. The van der Waals surface area contributed by atoms with Crippen molar-refractivity contribution in [3.8, 4) is 0 Å². The number of likely N-dealkylation sites (N-methyl/N-ethyl adjacent to an activating group) is 3. The minimum Gasteiger partial charge on any atom is -0.351 e. The molecular weight excluding hydrogens is 845 g/mol. The summed E-state index contributed by atoms with van der Waals surface area (Å²) in [6.07, 6.45) is 7.19. The maximum atomic E-state index is 14.3. The molecule has 1 saturated heterocycles. The molecule has 9 amide bonds. The van der Waals surface area contributed by atoms with Crippen molar-refractivity contribution < 1.29 is 38.4 Å². The number of allylic oxidation sites excluding steroid dienone is 1. The molecule has 2 aliphatic rings. The number of nitrogens with one attached hydrogen (secondary N) is 4. The van der Waals surface area contributed by atoms with Gasteiger partial charge in [0.2, 0.25) is 35.4 Å². The summed E-state index contributed by atoms with van der Waals surface area (Å²) in [6.45, 7) is 18.1. The Hall–Kier alpha value is -5.62. The summed E-state index contributed by atoms with van der Waals surface area (Å²) < 4.78 is 0. The quantitative estimate of drug-likeness (QED) is 0.0690. The number of imide groups is 1. The third kappa shape index (κ3) is 15.5. The predicted octanol–water partition coefficient (Wildman–Crippen LogP) is 2.24. The largest absolute Gasteiger partial charge is 0.351 e. The molecule has 1 fully saturated rings. The van der Waals surface area contributed by atoms with Crippen LogP contribution in [0.4, 0.5) is 4.79 Å². The zero-order chi connectivity index (χ0) is 49.6. The number of carbonyl (C=O) groups is 8. The first-order chi connectivity index (χ1) is 30.9. The molecule has 8 N–H and O–H groups in total. The van der Waals surface area contributed by atoms with Crippen LogP contribution in [0.25, 0.3) is 0 Å². The summed E-state index contributed by atoms with van der Waals surface area (Å²) in [5, 5.41) is 9.74. The first-order valence-electron chi connectivity index (χ1n) is 23.2. The number of likely N-dealkylation sites (tertiary alicyclic amines) is 1. The average molecular weight is 921 g/mol. The topological polar surface area (TPSA) is 250 Å². The molecular formula is C48H76N10O8. The van der Waals surface area contributed by atoms with Gasteiger partial charge in [-0.05, 0) is 62.3 Å². The Balaban J connectivity index is 1.68. The molecule has 2 unspecified atom stereocenters. The SMILES string of the molecule is C=C(CC(=O)NN(C)[C@@H](C)C(=O)N[C@@H](CC(C)C)C(=O)N[C@H](C(=O)N(C)[C@@H](CC(C)C)C(=O)N[C@@H](Cc1ccccc1)C(=O)N(C)C(N)=O)C(C)C)C1C=CC1[C@H](N)C(=O)N1CCCCC1. The third-order valence-electron chi connectivity index (χ3n) is 12.4. The zero-order valence-corrected chi connectivity index (χ0v) is 40.7. The van der Waals surface area contributed by atoms with E-state index >= 15 is 0 Å². The predicted molar refractivity (Wildman–Crippen MR) is 252 cm³/mol. The lowest BCUT2D eigenvalue weighted by molar-refractivity contribution is -0.144. The lowest BCUT2D eigenvalue weighted by Crippen LogP contribution is -2.61. The second-order valence-electron chi connectivity index (χ2n) is 19.1. The van der Waals surface area contributed by atoms with Crippen LogP contribution >= 0.6 is 0 Å². The lowest BCUT2D eigenvalue weighted by atomic mass is 9.72. The van der Waals surface area contributed by atoms with Gasteiger partial charge in [-0.15, -0.1) is 0 Å². The van der Waals surface area contributed by atoms with E-state index < -0.39 is 83.6 Å². The summed E-state index contributed by atoms with van der Waals surface area (Å²) in [4.78, 5) is 112. The molecule has 1 aromatic carbocycles. The van der Waals surface area contributed by atoms with E-state index in [9.17, 15) is 38.4 Å². The zero-order valence-electron chi connectivity index (χ0n) is 40.7. The number of amides is 9. The monoisotopic (exact) mass is 921 g/mol. The van der Waals surface area contributed by atoms with Crippen molar-refractivity contribution in [3.05, 3.63) is 60.2 Å². The molecule has 0 aromatic heterocycles. The number of piperidine rings is 1. The fraction of sp³-hybridized carbons (Fsp3) is 0.625. The third-order valence-corrected chi connectivity index (χ3v) is 12.4. The summed E-state index contributed by atoms with van der Waals surface area (Å²) in [5.74, 6) is -4.70. The first-order valence-corrected chi connectivity index (χ1v) is 23.2. The number of nitrogens with zero attached hydrogens (tertiary/aromatic N) is 4. The van der Waals surface area contributed by atoms with Crippen molar-refractivity contribution in [3.63, 3.8) is 0 Å². The Morgan fingerprint density at radius 2 is 1.35 bits per heavy atom. The molecule has 366 valence electrons. The highest BCUT2D eigenvalue weighted by Crippen LogP contribution is 2.35. The van der Waals surface area contributed by atoms with Gasteiger partial charge in [0.05, 0.1) is 6.04 Å². The van der Waals surface area contributed by atoms with E-state index in [4.69, 9.17) is 11.5 Å². The van der Waals surface area contributed by atoms with E-state index in [1.165, 1.54) is 31.1 Å². The molecule has 1 aromatic rings. The maximum absolute atomic E-state index is 14.3. The van der Waals surface area contributed by atoms with Gasteiger partial charge in [0.25, 0.3) is 5.91 Å². The number of carbonyl (C=O) groups excluding carboxylic acids is 8. The fourth-order valence-electron chi connectivity index (χ4n) is 8.11. The number of hydrazine groups is 1. The normalized spacial score (nSPS) is 18.6. The van der Waals surface area contributed by atoms with Crippen molar-refractivity contribution in [2.24, 2.45) is 41.1 Å². The Bertz CT molecular complexity index is 1920. The molecule has 1 aliphatic carbocycles. The molecule has 8 atom stereocenters. The van der Waals surface area contributed by atoms with E-state index in [-0.39, 0.29) is 55.3 Å². The van der Waals surface area contributed by atoms with Gasteiger partial charge in [-0.25, -0.2) is 9.80 Å². The second kappa shape index (κ2) is 25.3. The van der Waals surface area contributed by atoms with E-state index in [0.717, 1.165) is 29.7 Å². The number of hydrogen-bond acceptors (Lipinski definition) is 10. The van der Waals surface area contributed by atoms with E-state index in [0.29, 0.717) is 18.7 Å².